The van der Waals surface area contributed by atoms with Crippen LogP contribution in [-0.4, -0.2) is 50.8 Å². The fraction of sp³-hybridized carbons (Fsp3) is 0.600. The van der Waals surface area contributed by atoms with E-state index in [1.165, 1.54) is 16.8 Å². The van der Waals surface area contributed by atoms with E-state index < -0.39 is 29.7 Å². The molecule has 102 valence electrons. The Kier molecular flexibility index (Phi) is 5.23. The smallest absolute Gasteiger partial charge is 0.330 e. The van der Waals surface area contributed by atoms with Crippen LogP contribution in [0.25, 0.3) is 0 Å². The van der Waals surface area contributed by atoms with E-state index in [-0.39, 0.29) is 13.0 Å². The molecule has 18 heavy (non-hydrogen) atoms. The molecular weight excluding hydrogens is 244 g/mol. The van der Waals surface area contributed by atoms with Gasteiger partial charge in [0.1, 0.15) is 12.3 Å². The summed E-state index contributed by atoms with van der Waals surface area (Å²) < 4.78 is 6.45. The Labute approximate surface area is 102 Å². The largest absolute Gasteiger partial charge is 0.400 e. The number of hydrogen-bond donors (Lipinski definition) is 4. The van der Waals surface area contributed by atoms with E-state index in [1.54, 1.807) is 0 Å². The minimum absolute atomic E-state index is 0.206. The molecule has 8 nitrogen and oxygen atoms in total. The van der Waals surface area contributed by atoms with Crippen molar-refractivity contribution in [3.05, 3.63) is 33.1 Å². The molecule has 1 aliphatic rings. The van der Waals surface area contributed by atoms with Crippen molar-refractivity contribution in [3.8, 4) is 0 Å². The van der Waals surface area contributed by atoms with E-state index in [9.17, 15) is 14.7 Å². The van der Waals surface area contributed by atoms with Gasteiger partial charge in [-0.05, 0) is 0 Å². The third-order valence-corrected chi connectivity index (χ3v) is 2.55. The topological polar surface area (TPSA) is 125 Å². The average molecular weight is 260 g/mol. The van der Waals surface area contributed by atoms with Crippen molar-refractivity contribution < 1.29 is 20.1 Å². The van der Waals surface area contributed by atoms with Crippen LogP contribution in [-0.2, 0) is 4.74 Å². The van der Waals surface area contributed by atoms with Crippen molar-refractivity contribution in [1.82, 2.24) is 9.55 Å². The minimum Gasteiger partial charge on any atom is -0.400 e. The first-order valence-corrected chi connectivity index (χ1v) is 5.32. The van der Waals surface area contributed by atoms with Gasteiger partial charge < -0.3 is 20.1 Å². The van der Waals surface area contributed by atoms with E-state index in [4.69, 9.17) is 14.9 Å². The van der Waals surface area contributed by atoms with Crippen LogP contribution in [0.15, 0.2) is 21.9 Å². The number of aromatic amines is 1. The second kappa shape index (κ2) is 6.45. The van der Waals surface area contributed by atoms with Crippen molar-refractivity contribution in [2.24, 2.45) is 0 Å². The van der Waals surface area contributed by atoms with Gasteiger partial charge in [0.15, 0.2) is 0 Å². The van der Waals surface area contributed by atoms with Gasteiger partial charge in [0.05, 0.1) is 12.7 Å². The summed E-state index contributed by atoms with van der Waals surface area (Å²) in [6.07, 6.45) is -0.649. The van der Waals surface area contributed by atoms with E-state index in [0.29, 0.717) is 0 Å². The summed E-state index contributed by atoms with van der Waals surface area (Å²) in [6, 6.07) is 1.20. The predicted molar refractivity (Wildman–Crippen MR) is 61.1 cm³/mol. The predicted octanol–water partition coefficient (Wildman–Crippen LogP) is -2.21. The molecule has 0 bridgehead atoms. The number of H-pyrrole nitrogens is 1. The van der Waals surface area contributed by atoms with Gasteiger partial charge in [0.25, 0.3) is 5.56 Å². The molecule has 1 aliphatic heterocycles. The number of hydrogen-bond acceptors (Lipinski definition) is 6. The van der Waals surface area contributed by atoms with Gasteiger partial charge in [-0.2, -0.15) is 0 Å². The van der Waals surface area contributed by atoms with Crippen molar-refractivity contribution in [2.75, 3.05) is 13.7 Å². The molecule has 8 heteroatoms. The molecule has 1 aromatic heterocycles. The number of nitrogens with one attached hydrogen (secondary N) is 1. The van der Waals surface area contributed by atoms with Gasteiger partial charge in [0.2, 0.25) is 0 Å². The molecule has 1 fully saturated rings. The van der Waals surface area contributed by atoms with E-state index in [1.807, 2.05) is 0 Å². The van der Waals surface area contributed by atoms with Crippen molar-refractivity contribution >= 4 is 0 Å². The van der Waals surface area contributed by atoms with Crippen molar-refractivity contribution in [2.45, 2.75) is 24.9 Å². The van der Waals surface area contributed by atoms with Gasteiger partial charge in [0, 0.05) is 25.8 Å². The first kappa shape index (κ1) is 14.6. The monoisotopic (exact) mass is 260 g/mol. The Morgan fingerprint density at radius 2 is 2.17 bits per heavy atom. The Balaban J connectivity index is 0.000000771. The zero-order chi connectivity index (χ0) is 13.7. The highest BCUT2D eigenvalue weighted by Gasteiger charge is 2.34. The van der Waals surface area contributed by atoms with Crippen LogP contribution in [0.2, 0.25) is 0 Å². The maximum absolute atomic E-state index is 11.4. The van der Waals surface area contributed by atoms with Crippen LogP contribution in [0, 0.1) is 0 Å². The van der Waals surface area contributed by atoms with Crippen molar-refractivity contribution in [1.29, 1.82) is 0 Å². The normalized spacial score (nSPS) is 26.6. The third-order valence-electron chi connectivity index (χ3n) is 2.55. The average Bonchev–Trinajstić information content (AvgIpc) is 2.73. The quantitative estimate of drug-likeness (QED) is 0.477. The number of ether oxygens (including phenoxy) is 1. The Morgan fingerprint density at radius 3 is 2.67 bits per heavy atom. The van der Waals surface area contributed by atoms with Crippen LogP contribution in [0.3, 0.4) is 0 Å². The van der Waals surface area contributed by atoms with Crippen LogP contribution in [0.5, 0.6) is 0 Å². The molecule has 1 saturated heterocycles. The van der Waals surface area contributed by atoms with E-state index in [0.717, 1.165) is 7.11 Å². The summed E-state index contributed by atoms with van der Waals surface area (Å²) in [4.78, 5) is 24.3. The zero-order valence-corrected chi connectivity index (χ0v) is 9.81. The molecule has 1 aromatic rings. The zero-order valence-electron chi connectivity index (χ0n) is 9.81. The molecular formula is C10H16N2O6. The number of aromatic nitrogens is 2. The molecule has 0 aromatic carbocycles. The molecule has 0 radical (unpaired) electrons. The Morgan fingerprint density at radius 1 is 1.50 bits per heavy atom. The summed E-state index contributed by atoms with van der Waals surface area (Å²) in [5.41, 5.74) is -1.08. The molecule has 0 spiro atoms. The number of aliphatic hydroxyl groups is 3. The second-order valence-electron chi connectivity index (χ2n) is 3.63. The number of aliphatic hydroxyl groups excluding tert-OH is 3. The lowest BCUT2D eigenvalue weighted by Gasteiger charge is -2.13. The Hall–Kier alpha value is -1.48. The van der Waals surface area contributed by atoms with Crippen molar-refractivity contribution in [3.63, 3.8) is 0 Å². The summed E-state index contributed by atoms with van der Waals surface area (Å²) >= 11 is 0. The summed E-state index contributed by atoms with van der Waals surface area (Å²) in [6.45, 7) is -0.310. The molecule has 0 unspecified atom stereocenters. The SMILES string of the molecule is CO.O=c1ccn([C@H]2C[C@H](O)[C@@H](CO)O2)c(=O)[nH]1. The van der Waals surface area contributed by atoms with Gasteiger partial charge in [-0.25, -0.2) is 4.79 Å². The lowest BCUT2D eigenvalue weighted by Crippen LogP contribution is -2.31. The molecule has 0 aliphatic carbocycles. The molecule has 0 amide bonds. The fourth-order valence-corrected chi connectivity index (χ4v) is 1.70. The molecule has 2 rings (SSSR count). The maximum atomic E-state index is 11.4. The number of nitrogens with zero attached hydrogens (tertiary/aromatic N) is 1. The first-order valence-electron chi connectivity index (χ1n) is 5.32. The molecule has 4 N–H and O–H groups in total. The van der Waals surface area contributed by atoms with E-state index >= 15 is 0 Å². The van der Waals surface area contributed by atoms with Gasteiger partial charge >= 0.3 is 5.69 Å². The first-order chi connectivity index (χ1) is 8.61. The van der Waals surface area contributed by atoms with Gasteiger partial charge in [-0.15, -0.1) is 0 Å². The number of rotatable bonds is 2. The summed E-state index contributed by atoms with van der Waals surface area (Å²) in [5, 5.41) is 25.4. The van der Waals surface area contributed by atoms with Crippen LogP contribution in [0.1, 0.15) is 12.6 Å². The fourth-order valence-electron chi connectivity index (χ4n) is 1.70. The van der Waals surface area contributed by atoms with Crippen LogP contribution < -0.4 is 11.2 Å². The van der Waals surface area contributed by atoms with Gasteiger partial charge in [-0.1, -0.05) is 0 Å². The minimum atomic E-state index is -0.811. The Bertz CT molecular complexity index is 482. The highest BCUT2D eigenvalue weighted by molar-refractivity contribution is 4.88. The summed E-state index contributed by atoms with van der Waals surface area (Å²) in [5.74, 6) is 0. The standard InChI is InChI=1S/C9H12N2O5.CH4O/c12-4-6-5(13)3-8(16-6)11-2-1-7(14)10-9(11)15;1-2/h1-2,5-6,8,12-13H,3-4H2,(H,10,14,15);2H,1H3/t5-,6+,8+;/m0./s1. The van der Waals surface area contributed by atoms with E-state index in [2.05, 4.69) is 4.98 Å². The maximum Gasteiger partial charge on any atom is 0.330 e. The third kappa shape index (κ3) is 3.05. The van der Waals surface area contributed by atoms with Crippen LogP contribution >= 0.6 is 0 Å². The highest BCUT2D eigenvalue weighted by atomic mass is 16.5. The lowest BCUT2D eigenvalue weighted by atomic mass is 10.2. The second-order valence-corrected chi connectivity index (χ2v) is 3.63. The highest BCUT2D eigenvalue weighted by Crippen LogP contribution is 2.26. The summed E-state index contributed by atoms with van der Waals surface area (Å²) in [7, 11) is 1.00. The molecule has 3 atom stereocenters. The molecule has 2 heterocycles. The van der Waals surface area contributed by atoms with Gasteiger partial charge in [-0.3, -0.25) is 14.3 Å². The van der Waals surface area contributed by atoms with Crippen LogP contribution in [0.4, 0.5) is 0 Å². The molecule has 0 saturated carbocycles. The lowest BCUT2D eigenvalue weighted by molar-refractivity contribution is -0.0459.